The number of urea groups is 1. The van der Waals surface area contributed by atoms with Crippen molar-refractivity contribution in [2.75, 3.05) is 12.4 Å². The van der Waals surface area contributed by atoms with E-state index in [0.717, 1.165) is 22.6 Å². The van der Waals surface area contributed by atoms with E-state index in [0.29, 0.717) is 22.8 Å². The highest BCUT2D eigenvalue weighted by Crippen LogP contribution is 2.23. The van der Waals surface area contributed by atoms with Crippen LogP contribution in [0.3, 0.4) is 0 Å². The number of halogens is 1. The van der Waals surface area contributed by atoms with E-state index in [1.807, 2.05) is 44.2 Å². The van der Waals surface area contributed by atoms with Crippen molar-refractivity contribution in [3.63, 3.8) is 0 Å². The summed E-state index contributed by atoms with van der Waals surface area (Å²) < 4.78 is 6.84. The van der Waals surface area contributed by atoms with Gasteiger partial charge in [0.15, 0.2) is 0 Å². The fourth-order valence-corrected chi connectivity index (χ4v) is 3.43. The number of hydrogen-bond donors (Lipinski definition) is 2. The molecule has 0 aliphatic carbocycles. The van der Waals surface area contributed by atoms with E-state index in [1.54, 1.807) is 24.3 Å². The Labute approximate surface area is 174 Å². The molecule has 0 radical (unpaired) electrons. The molecule has 150 valence electrons. The lowest BCUT2D eigenvalue weighted by Crippen LogP contribution is -2.29. The van der Waals surface area contributed by atoms with Crippen LogP contribution in [-0.4, -0.2) is 23.7 Å². The second-order valence-corrected chi connectivity index (χ2v) is 6.99. The van der Waals surface area contributed by atoms with Crippen LogP contribution in [0.25, 0.3) is 5.69 Å². The first-order chi connectivity index (χ1) is 13.9. The molecule has 3 rings (SSSR count). The molecule has 3 aromatic rings. The molecule has 2 aromatic carbocycles. The number of rotatable bonds is 5. The molecule has 2 amide bonds. The Morgan fingerprint density at radius 1 is 1.07 bits per heavy atom. The first-order valence-electron chi connectivity index (χ1n) is 9.06. The summed E-state index contributed by atoms with van der Waals surface area (Å²) in [5, 5.41) is 6.20. The topological polar surface area (TPSA) is 72.4 Å². The molecule has 1 heterocycles. The molecule has 0 saturated heterocycles. The molecular formula is C22H22ClN3O3. The lowest BCUT2D eigenvalue weighted by Gasteiger charge is -2.12. The SMILES string of the molecule is COC(=O)c1ccccc1NC(=O)NCc1cc(C)n(-c2cccc(Cl)c2)c1C. The van der Waals surface area contributed by atoms with E-state index in [2.05, 4.69) is 15.2 Å². The highest BCUT2D eigenvalue weighted by molar-refractivity contribution is 6.30. The van der Waals surface area contributed by atoms with Crippen LogP contribution in [0.1, 0.15) is 27.3 Å². The summed E-state index contributed by atoms with van der Waals surface area (Å²) in [7, 11) is 1.30. The van der Waals surface area contributed by atoms with Crippen molar-refractivity contribution in [1.82, 2.24) is 9.88 Å². The fraction of sp³-hybridized carbons (Fsp3) is 0.182. The smallest absolute Gasteiger partial charge is 0.339 e. The monoisotopic (exact) mass is 411 g/mol. The second-order valence-electron chi connectivity index (χ2n) is 6.56. The Morgan fingerprint density at radius 2 is 1.83 bits per heavy atom. The molecule has 0 fully saturated rings. The fourth-order valence-electron chi connectivity index (χ4n) is 3.24. The molecule has 1 aromatic heterocycles. The number of esters is 1. The van der Waals surface area contributed by atoms with E-state index < -0.39 is 12.0 Å². The van der Waals surface area contributed by atoms with Crippen LogP contribution in [0.15, 0.2) is 54.6 Å². The van der Waals surface area contributed by atoms with Crippen LogP contribution in [-0.2, 0) is 11.3 Å². The number of benzene rings is 2. The third-order valence-electron chi connectivity index (χ3n) is 4.62. The summed E-state index contributed by atoms with van der Waals surface area (Å²) in [6, 6.07) is 15.9. The average molecular weight is 412 g/mol. The molecule has 0 aliphatic rings. The number of anilines is 1. The van der Waals surface area contributed by atoms with Gasteiger partial charge in [0.1, 0.15) is 0 Å². The van der Waals surface area contributed by atoms with Gasteiger partial charge in [-0.25, -0.2) is 9.59 Å². The van der Waals surface area contributed by atoms with Crippen molar-refractivity contribution >= 4 is 29.3 Å². The van der Waals surface area contributed by atoms with Gasteiger partial charge in [-0.3, -0.25) is 0 Å². The maximum Gasteiger partial charge on any atom is 0.339 e. The van der Waals surface area contributed by atoms with Gasteiger partial charge < -0.3 is 19.9 Å². The van der Waals surface area contributed by atoms with Gasteiger partial charge in [-0.15, -0.1) is 0 Å². The minimum atomic E-state index is -0.508. The summed E-state index contributed by atoms with van der Waals surface area (Å²) in [5.74, 6) is -0.508. The molecule has 0 atom stereocenters. The highest BCUT2D eigenvalue weighted by Gasteiger charge is 2.15. The number of amides is 2. The third kappa shape index (κ3) is 4.60. The summed E-state index contributed by atoms with van der Waals surface area (Å²) in [6.07, 6.45) is 0. The predicted molar refractivity (Wildman–Crippen MR) is 114 cm³/mol. The number of ether oxygens (including phenoxy) is 1. The van der Waals surface area contributed by atoms with Crippen molar-refractivity contribution in [2.45, 2.75) is 20.4 Å². The van der Waals surface area contributed by atoms with Gasteiger partial charge >= 0.3 is 12.0 Å². The highest BCUT2D eigenvalue weighted by atomic mass is 35.5. The van der Waals surface area contributed by atoms with E-state index in [4.69, 9.17) is 16.3 Å². The molecule has 6 nitrogen and oxygen atoms in total. The van der Waals surface area contributed by atoms with Crippen LogP contribution in [0, 0.1) is 13.8 Å². The number of methoxy groups -OCH3 is 1. The molecule has 0 saturated carbocycles. The predicted octanol–water partition coefficient (Wildman–Crippen LogP) is 4.86. The van der Waals surface area contributed by atoms with Crippen LogP contribution < -0.4 is 10.6 Å². The van der Waals surface area contributed by atoms with E-state index >= 15 is 0 Å². The first kappa shape index (κ1) is 20.5. The number of aryl methyl sites for hydroxylation is 1. The van der Waals surface area contributed by atoms with Crippen molar-refractivity contribution in [3.05, 3.63) is 82.1 Å². The molecular weight excluding hydrogens is 390 g/mol. The molecule has 0 spiro atoms. The Morgan fingerprint density at radius 3 is 2.55 bits per heavy atom. The summed E-state index contributed by atoms with van der Waals surface area (Å²) >= 11 is 6.12. The number of aromatic nitrogens is 1. The van der Waals surface area contributed by atoms with Gasteiger partial charge in [-0.1, -0.05) is 29.8 Å². The van der Waals surface area contributed by atoms with Crippen molar-refractivity contribution in [1.29, 1.82) is 0 Å². The number of para-hydroxylation sites is 1. The number of nitrogens with zero attached hydrogens (tertiary/aromatic N) is 1. The zero-order valence-corrected chi connectivity index (χ0v) is 17.2. The summed E-state index contributed by atoms with van der Waals surface area (Å²) in [5.41, 5.74) is 4.69. The van der Waals surface area contributed by atoms with Crippen LogP contribution in [0.5, 0.6) is 0 Å². The van der Waals surface area contributed by atoms with Gasteiger partial charge in [-0.05, 0) is 55.8 Å². The van der Waals surface area contributed by atoms with Gasteiger partial charge in [0, 0.05) is 28.6 Å². The van der Waals surface area contributed by atoms with E-state index in [1.165, 1.54) is 7.11 Å². The average Bonchev–Trinajstić information content (AvgIpc) is 2.99. The zero-order valence-electron chi connectivity index (χ0n) is 16.5. The summed E-state index contributed by atoms with van der Waals surface area (Å²) in [6.45, 7) is 4.34. The number of hydrogen-bond acceptors (Lipinski definition) is 3. The zero-order chi connectivity index (χ0) is 21.0. The van der Waals surface area contributed by atoms with Gasteiger partial charge in [-0.2, -0.15) is 0 Å². The quantitative estimate of drug-likeness (QED) is 0.589. The number of carbonyl (C=O) groups excluding carboxylic acids is 2. The Bertz CT molecular complexity index is 1060. The van der Waals surface area contributed by atoms with Gasteiger partial charge in [0.25, 0.3) is 0 Å². The molecule has 0 aliphatic heterocycles. The molecule has 7 heteroatoms. The Balaban J connectivity index is 1.72. The largest absolute Gasteiger partial charge is 0.465 e. The van der Waals surface area contributed by atoms with Crippen molar-refractivity contribution < 1.29 is 14.3 Å². The lowest BCUT2D eigenvalue weighted by molar-refractivity contribution is 0.0602. The van der Waals surface area contributed by atoms with E-state index in [9.17, 15) is 9.59 Å². The number of carbonyl (C=O) groups is 2. The summed E-state index contributed by atoms with van der Waals surface area (Å²) in [4.78, 5) is 24.2. The molecule has 0 unspecified atom stereocenters. The normalized spacial score (nSPS) is 10.5. The maximum atomic E-state index is 12.4. The van der Waals surface area contributed by atoms with Crippen molar-refractivity contribution in [3.8, 4) is 5.69 Å². The minimum Gasteiger partial charge on any atom is -0.465 e. The second kappa shape index (κ2) is 8.84. The van der Waals surface area contributed by atoms with Gasteiger partial charge in [0.05, 0.1) is 18.4 Å². The molecule has 0 bridgehead atoms. The van der Waals surface area contributed by atoms with Crippen LogP contribution in [0.4, 0.5) is 10.5 Å². The minimum absolute atomic E-state index is 0.296. The van der Waals surface area contributed by atoms with Crippen molar-refractivity contribution in [2.24, 2.45) is 0 Å². The number of nitrogens with one attached hydrogen (secondary N) is 2. The lowest BCUT2D eigenvalue weighted by atomic mass is 10.2. The first-order valence-corrected chi connectivity index (χ1v) is 9.44. The standard InChI is InChI=1S/C22H22ClN3O3/c1-14-11-16(15(2)26(14)18-8-6-7-17(23)12-18)13-24-22(28)25-20-10-5-4-9-19(20)21(27)29-3/h4-12H,13H2,1-3H3,(H2,24,25,28). The van der Waals surface area contributed by atoms with E-state index in [-0.39, 0.29) is 0 Å². The van der Waals surface area contributed by atoms with Crippen LogP contribution in [0.2, 0.25) is 5.02 Å². The Hall–Kier alpha value is -3.25. The van der Waals surface area contributed by atoms with Crippen LogP contribution >= 0.6 is 11.6 Å². The molecule has 29 heavy (non-hydrogen) atoms. The maximum absolute atomic E-state index is 12.4. The third-order valence-corrected chi connectivity index (χ3v) is 4.86. The van der Waals surface area contributed by atoms with Gasteiger partial charge in [0.2, 0.25) is 0 Å². The Kier molecular flexibility index (Phi) is 6.24. The molecule has 2 N–H and O–H groups in total.